The third-order valence-corrected chi connectivity index (χ3v) is 4.21. The minimum atomic E-state index is -0.993. The second kappa shape index (κ2) is 7.33. The van der Waals surface area contributed by atoms with Crippen molar-refractivity contribution >= 4 is 34.4 Å². The number of benzene rings is 2. The quantitative estimate of drug-likeness (QED) is 0.678. The maximum absolute atomic E-state index is 12.5. The molecule has 0 unspecified atom stereocenters. The van der Waals surface area contributed by atoms with Crippen LogP contribution >= 0.6 is 0 Å². The van der Waals surface area contributed by atoms with Crippen LogP contribution < -0.4 is 11.1 Å². The normalized spacial score (nSPS) is 11.8. The number of anilines is 1. The first-order valence-corrected chi connectivity index (χ1v) is 8.32. The topological polar surface area (TPSA) is 103 Å². The van der Waals surface area contributed by atoms with Gasteiger partial charge in [0.15, 0.2) is 6.10 Å². The predicted molar refractivity (Wildman–Crippen MR) is 101 cm³/mol. The monoisotopic (exact) mass is 365 g/mol. The van der Waals surface area contributed by atoms with Crippen LogP contribution in [-0.2, 0) is 16.6 Å². The smallest absolute Gasteiger partial charge is 0.341 e. The Balaban J connectivity index is 1.68. The average molecular weight is 365 g/mol. The number of primary amides is 1. The van der Waals surface area contributed by atoms with Crippen LogP contribution in [0, 0.1) is 0 Å². The molecule has 0 bridgehead atoms. The lowest BCUT2D eigenvalue weighted by molar-refractivity contribution is -0.123. The van der Waals surface area contributed by atoms with Crippen molar-refractivity contribution in [3.8, 4) is 0 Å². The van der Waals surface area contributed by atoms with Gasteiger partial charge < -0.3 is 20.4 Å². The summed E-state index contributed by atoms with van der Waals surface area (Å²) in [5.41, 5.74) is 7.29. The molecule has 0 spiro atoms. The number of amides is 2. The Kier molecular flexibility index (Phi) is 4.94. The summed E-state index contributed by atoms with van der Waals surface area (Å²) in [4.78, 5) is 35.8. The maximum atomic E-state index is 12.5. The maximum Gasteiger partial charge on any atom is 0.341 e. The van der Waals surface area contributed by atoms with E-state index < -0.39 is 23.9 Å². The van der Waals surface area contributed by atoms with Gasteiger partial charge in [0.1, 0.15) is 0 Å². The number of rotatable bonds is 5. The summed E-state index contributed by atoms with van der Waals surface area (Å²) in [5, 5.41) is 3.40. The second-order valence-corrected chi connectivity index (χ2v) is 6.15. The molecule has 1 aromatic heterocycles. The van der Waals surface area contributed by atoms with Crippen molar-refractivity contribution in [3.05, 3.63) is 65.9 Å². The minimum absolute atomic E-state index is 0.337. The molecule has 1 heterocycles. The van der Waals surface area contributed by atoms with Gasteiger partial charge in [-0.15, -0.1) is 0 Å². The molecule has 3 aromatic rings. The molecule has 0 saturated carbocycles. The van der Waals surface area contributed by atoms with E-state index in [1.807, 2.05) is 35.9 Å². The molecule has 2 aromatic carbocycles. The van der Waals surface area contributed by atoms with Crippen molar-refractivity contribution in [3.63, 3.8) is 0 Å². The van der Waals surface area contributed by atoms with Crippen molar-refractivity contribution in [1.82, 2.24) is 4.57 Å². The zero-order valence-corrected chi connectivity index (χ0v) is 14.9. The molecule has 3 N–H and O–H groups in total. The summed E-state index contributed by atoms with van der Waals surface area (Å²) in [6, 6.07) is 13.6. The van der Waals surface area contributed by atoms with E-state index in [0.29, 0.717) is 16.8 Å². The molecular weight excluding hydrogens is 346 g/mol. The first-order chi connectivity index (χ1) is 12.9. The number of hydrogen-bond acceptors (Lipinski definition) is 4. The Labute approximate surface area is 155 Å². The standard InChI is InChI=1S/C20H19N3O4/c1-12(19(25)22-14-9-7-13(8-10-14)18(21)24)27-20(26)16-11-23(2)17-6-4-3-5-15(16)17/h3-12H,1-2H3,(H2,21,24)(H,22,25)/t12-/m0/s1. The van der Waals surface area contributed by atoms with Crippen LogP contribution in [0.5, 0.6) is 0 Å². The largest absolute Gasteiger partial charge is 0.449 e. The molecule has 7 heteroatoms. The van der Waals surface area contributed by atoms with Crippen LogP contribution in [0.15, 0.2) is 54.7 Å². The Hall–Kier alpha value is -3.61. The van der Waals surface area contributed by atoms with Crippen molar-refractivity contribution < 1.29 is 19.1 Å². The first-order valence-electron chi connectivity index (χ1n) is 8.32. The highest BCUT2D eigenvalue weighted by molar-refractivity contribution is 6.05. The molecule has 7 nitrogen and oxygen atoms in total. The van der Waals surface area contributed by atoms with Crippen LogP contribution in [-0.4, -0.2) is 28.5 Å². The SMILES string of the molecule is C[C@H](OC(=O)c1cn(C)c2ccccc12)C(=O)Nc1ccc(C(N)=O)cc1. The lowest BCUT2D eigenvalue weighted by atomic mass is 10.2. The molecule has 0 aliphatic rings. The van der Waals surface area contributed by atoms with Gasteiger partial charge in [-0.3, -0.25) is 9.59 Å². The van der Waals surface area contributed by atoms with E-state index in [4.69, 9.17) is 10.5 Å². The fourth-order valence-corrected chi connectivity index (χ4v) is 2.74. The van der Waals surface area contributed by atoms with Gasteiger partial charge >= 0.3 is 5.97 Å². The van der Waals surface area contributed by atoms with Gasteiger partial charge in [0.2, 0.25) is 5.91 Å². The summed E-state index contributed by atoms with van der Waals surface area (Å²) in [6.07, 6.45) is 0.687. The number of aromatic nitrogens is 1. The fourth-order valence-electron chi connectivity index (χ4n) is 2.74. The summed E-state index contributed by atoms with van der Waals surface area (Å²) in [5.74, 6) is -1.60. The fraction of sp³-hybridized carbons (Fsp3) is 0.150. The summed E-state index contributed by atoms with van der Waals surface area (Å²) >= 11 is 0. The van der Waals surface area contributed by atoms with Crippen molar-refractivity contribution in [2.75, 3.05) is 5.32 Å². The van der Waals surface area contributed by atoms with Crippen molar-refractivity contribution in [2.45, 2.75) is 13.0 Å². The molecule has 3 rings (SSSR count). The molecule has 2 amide bonds. The molecule has 0 aliphatic carbocycles. The van der Waals surface area contributed by atoms with Crippen LogP contribution in [0.4, 0.5) is 5.69 Å². The Morgan fingerprint density at radius 1 is 1.07 bits per heavy atom. The van der Waals surface area contributed by atoms with E-state index in [1.54, 1.807) is 18.3 Å². The number of carbonyl (C=O) groups excluding carboxylic acids is 3. The molecule has 138 valence electrons. The number of hydrogen-bond donors (Lipinski definition) is 2. The molecule has 0 aliphatic heterocycles. The lowest BCUT2D eigenvalue weighted by Crippen LogP contribution is -2.30. The van der Waals surface area contributed by atoms with Gasteiger partial charge in [-0.25, -0.2) is 4.79 Å². The zero-order valence-electron chi connectivity index (χ0n) is 14.9. The highest BCUT2D eigenvalue weighted by Gasteiger charge is 2.22. The molecular formula is C20H19N3O4. The Morgan fingerprint density at radius 3 is 2.41 bits per heavy atom. The molecule has 27 heavy (non-hydrogen) atoms. The number of nitrogens with zero attached hydrogens (tertiary/aromatic N) is 1. The number of aryl methyl sites for hydroxylation is 1. The average Bonchev–Trinajstić information content (AvgIpc) is 2.99. The van der Waals surface area contributed by atoms with E-state index in [0.717, 1.165) is 10.9 Å². The number of ether oxygens (including phenoxy) is 1. The number of para-hydroxylation sites is 1. The third kappa shape index (κ3) is 3.82. The predicted octanol–water partition coefficient (Wildman–Crippen LogP) is 2.46. The summed E-state index contributed by atoms with van der Waals surface area (Å²) in [6.45, 7) is 1.50. The van der Waals surface area contributed by atoms with Crippen LogP contribution in [0.1, 0.15) is 27.6 Å². The first kappa shape index (κ1) is 18.2. The van der Waals surface area contributed by atoms with E-state index >= 15 is 0 Å². The van der Waals surface area contributed by atoms with Gasteiger partial charge in [-0.05, 0) is 37.3 Å². The van der Waals surface area contributed by atoms with Gasteiger partial charge in [-0.2, -0.15) is 0 Å². The highest BCUT2D eigenvalue weighted by atomic mass is 16.5. The molecule has 0 saturated heterocycles. The molecule has 0 radical (unpaired) electrons. The van der Waals surface area contributed by atoms with Gasteiger partial charge in [0.25, 0.3) is 5.91 Å². The van der Waals surface area contributed by atoms with Gasteiger partial charge in [0.05, 0.1) is 5.56 Å². The van der Waals surface area contributed by atoms with Gasteiger partial charge in [-0.1, -0.05) is 18.2 Å². The van der Waals surface area contributed by atoms with Gasteiger partial charge in [0, 0.05) is 35.4 Å². The summed E-state index contributed by atoms with van der Waals surface area (Å²) in [7, 11) is 1.84. The Morgan fingerprint density at radius 2 is 1.74 bits per heavy atom. The molecule has 0 fully saturated rings. The number of nitrogens with two attached hydrogens (primary N) is 1. The van der Waals surface area contributed by atoms with Crippen LogP contribution in [0.2, 0.25) is 0 Å². The highest BCUT2D eigenvalue weighted by Crippen LogP contribution is 2.21. The van der Waals surface area contributed by atoms with Crippen LogP contribution in [0.3, 0.4) is 0 Å². The van der Waals surface area contributed by atoms with E-state index in [9.17, 15) is 14.4 Å². The van der Waals surface area contributed by atoms with E-state index in [2.05, 4.69) is 5.32 Å². The number of carbonyl (C=O) groups is 3. The minimum Gasteiger partial charge on any atom is -0.449 e. The zero-order chi connectivity index (χ0) is 19.6. The second-order valence-electron chi connectivity index (χ2n) is 6.15. The molecule has 1 atom stereocenters. The number of nitrogens with one attached hydrogen (secondary N) is 1. The summed E-state index contributed by atoms with van der Waals surface area (Å²) < 4.78 is 7.15. The van der Waals surface area contributed by atoms with Crippen LogP contribution in [0.25, 0.3) is 10.9 Å². The van der Waals surface area contributed by atoms with E-state index in [1.165, 1.54) is 19.1 Å². The lowest BCUT2D eigenvalue weighted by Gasteiger charge is -2.13. The Bertz CT molecular complexity index is 1020. The van der Waals surface area contributed by atoms with Crippen molar-refractivity contribution in [2.24, 2.45) is 12.8 Å². The van der Waals surface area contributed by atoms with Crippen molar-refractivity contribution in [1.29, 1.82) is 0 Å². The number of fused-ring (bicyclic) bond motifs is 1. The third-order valence-electron chi connectivity index (χ3n) is 4.21. The number of esters is 1. The van der Waals surface area contributed by atoms with E-state index in [-0.39, 0.29) is 0 Å².